The SMILES string of the molecule is Nc1n[nH]c2ccc(-c3ccc(S(=O)(=O)N4CCC(F)(F)C4)cc3Cl)nc12. The van der Waals surface area contributed by atoms with E-state index in [-0.39, 0.29) is 22.3 Å². The Hall–Kier alpha value is -2.30. The summed E-state index contributed by atoms with van der Waals surface area (Å²) in [6, 6.07) is 7.49. The number of hydrogen-bond donors (Lipinski definition) is 2. The monoisotopic (exact) mass is 413 g/mol. The minimum Gasteiger partial charge on any atom is -0.380 e. The van der Waals surface area contributed by atoms with Crippen molar-refractivity contribution in [3.63, 3.8) is 0 Å². The quantitative estimate of drug-likeness (QED) is 0.686. The number of fused-ring (bicyclic) bond motifs is 1. The molecule has 1 aromatic carbocycles. The summed E-state index contributed by atoms with van der Waals surface area (Å²) < 4.78 is 52.7. The van der Waals surface area contributed by atoms with Crippen LogP contribution in [0.5, 0.6) is 0 Å². The van der Waals surface area contributed by atoms with Gasteiger partial charge in [0.25, 0.3) is 5.92 Å². The molecule has 2 aromatic heterocycles. The number of H-pyrrole nitrogens is 1. The van der Waals surface area contributed by atoms with Crippen LogP contribution < -0.4 is 5.73 Å². The van der Waals surface area contributed by atoms with Crippen molar-refractivity contribution in [1.82, 2.24) is 19.5 Å². The van der Waals surface area contributed by atoms with Gasteiger partial charge in [-0.25, -0.2) is 22.2 Å². The molecule has 0 unspecified atom stereocenters. The molecule has 0 saturated carbocycles. The average Bonchev–Trinajstić information content (AvgIpc) is 3.17. The van der Waals surface area contributed by atoms with Gasteiger partial charge in [0, 0.05) is 18.5 Å². The number of halogens is 3. The van der Waals surface area contributed by atoms with E-state index in [1.807, 2.05) is 0 Å². The summed E-state index contributed by atoms with van der Waals surface area (Å²) in [4.78, 5) is 4.25. The van der Waals surface area contributed by atoms with Crippen LogP contribution in [0.2, 0.25) is 5.02 Å². The fraction of sp³-hybridized carbons (Fsp3) is 0.250. The molecule has 4 rings (SSSR count). The second-order valence-corrected chi connectivity index (χ2v) is 8.63. The van der Waals surface area contributed by atoms with Crippen molar-refractivity contribution < 1.29 is 17.2 Å². The van der Waals surface area contributed by atoms with Gasteiger partial charge in [-0.1, -0.05) is 11.6 Å². The third-order valence-electron chi connectivity index (χ3n) is 4.42. The molecule has 3 heterocycles. The molecule has 0 atom stereocenters. The van der Waals surface area contributed by atoms with E-state index in [1.54, 1.807) is 12.1 Å². The molecular weight excluding hydrogens is 400 g/mol. The highest BCUT2D eigenvalue weighted by Crippen LogP contribution is 2.34. The van der Waals surface area contributed by atoms with Crippen molar-refractivity contribution in [1.29, 1.82) is 0 Å². The van der Waals surface area contributed by atoms with Gasteiger partial charge in [-0.3, -0.25) is 5.10 Å². The van der Waals surface area contributed by atoms with Crippen molar-refractivity contribution in [3.05, 3.63) is 35.4 Å². The van der Waals surface area contributed by atoms with Gasteiger partial charge >= 0.3 is 0 Å². The Morgan fingerprint density at radius 1 is 1.26 bits per heavy atom. The number of sulfonamides is 1. The summed E-state index contributed by atoms with van der Waals surface area (Å²) in [5.74, 6) is -2.78. The number of nitrogens with one attached hydrogen (secondary N) is 1. The third-order valence-corrected chi connectivity index (χ3v) is 6.58. The van der Waals surface area contributed by atoms with Crippen molar-refractivity contribution in [2.45, 2.75) is 17.2 Å². The van der Waals surface area contributed by atoms with Crippen LogP contribution in [-0.2, 0) is 10.0 Å². The van der Waals surface area contributed by atoms with E-state index < -0.39 is 28.9 Å². The Morgan fingerprint density at radius 2 is 2.04 bits per heavy atom. The molecule has 0 amide bonds. The zero-order valence-corrected chi connectivity index (χ0v) is 15.4. The Balaban J connectivity index is 1.71. The van der Waals surface area contributed by atoms with Crippen LogP contribution in [0.1, 0.15) is 6.42 Å². The normalized spacial score (nSPS) is 17.6. The number of nitrogen functional groups attached to an aromatic ring is 1. The zero-order valence-electron chi connectivity index (χ0n) is 13.8. The number of benzene rings is 1. The van der Waals surface area contributed by atoms with Crippen LogP contribution >= 0.6 is 11.6 Å². The van der Waals surface area contributed by atoms with Crippen LogP contribution in [0, 0.1) is 0 Å². The lowest BCUT2D eigenvalue weighted by Gasteiger charge is -2.17. The predicted octanol–water partition coefficient (Wildman–Crippen LogP) is 2.89. The highest BCUT2D eigenvalue weighted by molar-refractivity contribution is 7.89. The molecule has 1 saturated heterocycles. The van der Waals surface area contributed by atoms with Crippen LogP contribution in [-0.4, -0.2) is 46.9 Å². The maximum Gasteiger partial charge on any atom is 0.262 e. The molecule has 3 N–H and O–H groups in total. The van der Waals surface area contributed by atoms with E-state index in [1.165, 1.54) is 18.2 Å². The highest BCUT2D eigenvalue weighted by atomic mass is 35.5. The molecule has 7 nitrogen and oxygen atoms in total. The maximum atomic E-state index is 13.4. The Bertz CT molecular complexity index is 1150. The zero-order chi connectivity index (χ0) is 19.4. The number of hydrogen-bond acceptors (Lipinski definition) is 5. The fourth-order valence-electron chi connectivity index (χ4n) is 2.99. The van der Waals surface area contributed by atoms with E-state index in [4.69, 9.17) is 17.3 Å². The largest absolute Gasteiger partial charge is 0.380 e. The summed E-state index contributed by atoms with van der Waals surface area (Å²) >= 11 is 6.27. The van der Waals surface area contributed by atoms with Crippen LogP contribution in [0.25, 0.3) is 22.3 Å². The summed E-state index contributed by atoms with van der Waals surface area (Å²) in [6.07, 6.45) is -0.492. The van der Waals surface area contributed by atoms with Gasteiger partial charge < -0.3 is 5.73 Å². The Kier molecular flexibility index (Phi) is 4.09. The summed E-state index contributed by atoms with van der Waals surface area (Å²) in [6.45, 7) is -1.06. The molecule has 11 heteroatoms. The van der Waals surface area contributed by atoms with Gasteiger partial charge in [0.2, 0.25) is 10.0 Å². The van der Waals surface area contributed by atoms with E-state index in [9.17, 15) is 17.2 Å². The first-order valence-corrected chi connectivity index (χ1v) is 9.78. The maximum absolute atomic E-state index is 13.4. The minimum atomic E-state index is -4.05. The van der Waals surface area contributed by atoms with E-state index >= 15 is 0 Å². The number of anilines is 1. The van der Waals surface area contributed by atoms with Crippen molar-refractivity contribution in [3.8, 4) is 11.3 Å². The molecule has 0 bridgehead atoms. The molecule has 0 aliphatic carbocycles. The molecule has 1 fully saturated rings. The lowest BCUT2D eigenvalue weighted by molar-refractivity contribution is 0.0183. The number of alkyl halides is 2. The molecule has 0 radical (unpaired) electrons. The van der Waals surface area contributed by atoms with Crippen molar-refractivity contribution in [2.24, 2.45) is 0 Å². The van der Waals surface area contributed by atoms with Crippen LogP contribution in [0.15, 0.2) is 35.2 Å². The predicted molar refractivity (Wildman–Crippen MR) is 97.1 cm³/mol. The lowest BCUT2D eigenvalue weighted by Crippen LogP contribution is -2.31. The topological polar surface area (TPSA) is 105 Å². The number of aromatic amines is 1. The molecule has 27 heavy (non-hydrogen) atoms. The lowest BCUT2D eigenvalue weighted by atomic mass is 10.1. The number of nitrogens with zero attached hydrogens (tertiary/aromatic N) is 3. The van der Waals surface area contributed by atoms with Gasteiger partial charge in [-0.15, -0.1) is 0 Å². The number of pyridine rings is 1. The van der Waals surface area contributed by atoms with E-state index in [2.05, 4.69) is 15.2 Å². The number of nitrogens with two attached hydrogens (primary N) is 1. The Labute approximate surface area is 158 Å². The minimum absolute atomic E-state index is 0.135. The fourth-order valence-corrected chi connectivity index (χ4v) is 4.83. The summed E-state index contributed by atoms with van der Waals surface area (Å²) in [7, 11) is -4.05. The number of rotatable bonds is 3. The van der Waals surface area contributed by atoms with E-state index in [0.717, 1.165) is 4.31 Å². The Morgan fingerprint density at radius 3 is 2.70 bits per heavy atom. The summed E-state index contributed by atoms with van der Waals surface area (Å²) in [5, 5.41) is 6.73. The molecule has 0 spiro atoms. The standard InChI is InChI=1S/C16H14ClF2N5O2S/c17-11-7-9(27(25,26)24-6-5-16(18,19)8-24)1-2-10(11)12-3-4-13-14(21-12)15(20)23-22-13/h1-4,7H,5-6,8H2,(H3,20,22,23). The highest BCUT2D eigenvalue weighted by Gasteiger charge is 2.43. The first kappa shape index (κ1) is 18.1. The van der Waals surface area contributed by atoms with Gasteiger partial charge in [0.15, 0.2) is 5.82 Å². The average molecular weight is 414 g/mol. The van der Waals surface area contributed by atoms with Crippen molar-refractivity contribution >= 4 is 38.5 Å². The van der Waals surface area contributed by atoms with Gasteiger partial charge in [-0.05, 0) is 30.3 Å². The molecule has 1 aliphatic rings. The van der Waals surface area contributed by atoms with Gasteiger partial charge in [-0.2, -0.15) is 9.40 Å². The molecule has 1 aliphatic heterocycles. The molecule has 3 aromatic rings. The first-order chi connectivity index (χ1) is 12.7. The molecule has 142 valence electrons. The third kappa shape index (κ3) is 3.13. The van der Waals surface area contributed by atoms with Crippen LogP contribution in [0.3, 0.4) is 0 Å². The van der Waals surface area contributed by atoms with Gasteiger partial charge in [0.05, 0.1) is 27.7 Å². The second kappa shape index (κ2) is 6.11. The van der Waals surface area contributed by atoms with E-state index in [0.29, 0.717) is 22.3 Å². The summed E-state index contributed by atoms with van der Waals surface area (Å²) in [5.41, 5.74) is 7.85. The molecular formula is C16H14ClF2N5O2S. The number of aromatic nitrogens is 3. The van der Waals surface area contributed by atoms with Gasteiger partial charge in [0.1, 0.15) is 5.52 Å². The van der Waals surface area contributed by atoms with Crippen LogP contribution in [0.4, 0.5) is 14.6 Å². The first-order valence-electron chi connectivity index (χ1n) is 7.96. The second-order valence-electron chi connectivity index (χ2n) is 6.29. The smallest absolute Gasteiger partial charge is 0.262 e. The van der Waals surface area contributed by atoms with Crippen molar-refractivity contribution in [2.75, 3.05) is 18.8 Å².